The van der Waals surface area contributed by atoms with E-state index < -0.39 is 0 Å². The number of nitrogens with two attached hydrogens (primary N) is 1. The maximum absolute atomic E-state index is 11.4. The molecule has 0 aromatic heterocycles. The Balaban J connectivity index is 0. The quantitative estimate of drug-likeness (QED) is 0.786. The fourth-order valence-corrected chi connectivity index (χ4v) is 1.35. The Morgan fingerprint density at radius 2 is 1.71 bits per heavy atom. The summed E-state index contributed by atoms with van der Waals surface area (Å²) in [6, 6.07) is 9.51. The minimum Gasteiger partial charge on any atom is -0.330 e. The van der Waals surface area contributed by atoms with E-state index in [1.54, 1.807) is 0 Å². The summed E-state index contributed by atoms with van der Waals surface area (Å²) in [6.45, 7) is 0.709. The van der Waals surface area contributed by atoms with Crippen LogP contribution in [-0.2, 0) is 4.79 Å². The van der Waals surface area contributed by atoms with E-state index >= 15 is 0 Å². The Morgan fingerprint density at radius 3 is 2.29 bits per heavy atom. The van der Waals surface area contributed by atoms with Crippen LogP contribution in [0.1, 0.15) is 25.7 Å². The predicted octanol–water partition coefficient (Wildman–Crippen LogP) is 2.99. The van der Waals surface area contributed by atoms with Crippen LogP contribution in [-0.4, -0.2) is 12.5 Å². The van der Waals surface area contributed by atoms with Gasteiger partial charge in [-0.15, -0.1) is 24.8 Å². The molecule has 1 aromatic rings. The van der Waals surface area contributed by atoms with Crippen LogP contribution < -0.4 is 11.1 Å². The lowest BCUT2D eigenvalue weighted by molar-refractivity contribution is -0.116. The van der Waals surface area contributed by atoms with E-state index in [1.807, 2.05) is 30.3 Å². The molecule has 1 rings (SSSR count). The number of amides is 1. The molecule has 0 unspecified atom stereocenters. The number of para-hydroxylation sites is 1. The van der Waals surface area contributed by atoms with Crippen LogP contribution in [0.3, 0.4) is 0 Å². The molecular weight excluding hydrogens is 259 g/mol. The van der Waals surface area contributed by atoms with Crippen molar-refractivity contribution >= 4 is 36.4 Å². The van der Waals surface area contributed by atoms with Gasteiger partial charge in [-0.05, 0) is 31.5 Å². The summed E-state index contributed by atoms with van der Waals surface area (Å²) < 4.78 is 0. The van der Waals surface area contributed by atoms with Gasteiger partial charge in [0.05, 0.1) is 0 Å². The van der Waals surface area contributed by atoms with Crippen LogP contribution in [0, 0.1) is 0 Å². The zero-order valence-electron chi connectivity index (χ0n) is 9.72. The van der Waals surface area contributed by atoms with Gasteiger partial charge in [-0.2, -0.15) is 0 Å². The number of nitrogens with one attached hydrogen (secondary N) is 1. The highest BCUT2D eigenvalue weighted by Gasteiger charge is 2.00. The van der Waals surface area contributed by atoms with Crippen LogP contribution in [0.15, 0.2) is 30.3 Å². The summed E-state index contributed by atoms with van der Waals surface area (Å²) in [7, 11) is 0. The molecule has 98 valence electrons. The topological polar surface area (TPSA) is 55.1 Å². The highest BCUT2D eigenvalue weighted by molar-refractivity contribution is 5.90. The minimum absolute atomic E-state index is 0. The Kier molecular flexibility index (Phi) is 12.8. The molecule has 17 heavy (non-hydrogen) atoms. The second kappa shape index (κ2) is 11.7. The lowest BCUT2D eigenvalue weighted by Crippen LogP contribution is -2.11. The molecular formula is C12H20Cl2N2O. The van der Waals surface area contributed by atoms with Gasteiger partial charge in [0.25, 0.3) is 0 Å². The largest absolute Gasteiger partial charge is 0.330 e. The highest BCUT2D eigenvalue weighted by atomic mass is 35.5. The first kappa shape index (κ1) is 18.6. The Bertz CT molecular complexity index is 294. The second-order valence-corrected chi connectivity index (χ2v) is 3.51. The normalized spacial score (nSPS) is 8.76. The molecule has 1 aromatic carbocycles. The molecule has 0 spiro atoms. The van der Waals surface area contributed by atoms with Crippen LogP contribution in [0.4, 0.5) is 5.69 Å². The maximum Gasteiger partial charge on any atom is 0.224 e. The lowest BCUT2D eigenvalue weighted by Gasteiger charge is -2.04. The summed E-state index contributed by atoms with van der Waals surface area (Å²) in [4.78, 5) is 11.4. The monoisotopic (exact) mass is 278 g/mol. The summed E-state index contributed by atoms with van der Waals surface area (Å²) in [5, 5.41) is 2.85. The Morgan fingerprint density at radius 1 is 1.06 bits per heavy atom. The van der Waals surface area contributed by atoms with Crippen molar-refractivity contribution in [2.75, 3.05) is 11.9 Å². The van der Waals surface area contributed by atoms with E-state index in [0.717, 1.165) is 24.9 Å². The minimum atomic E-state index is 0. The van der Waals surface area contributed by atoms with Crippen molar-refractivity contribution in [1.29, 1.82) is 0 Å². The zero-order valence-corrected chi connectivity index (χ0v) is 11.4. The predicted molar refractivity (Wildman–Crippen MR) is 77.1 cm³/mol. The van der Waals surface area contributed by atoms with E-state index in [4.69, 9.17) is 5.73 Å². The summed E-state index contributed by atoms with van der Waals surface area (Å²) in [5.74, 6) is 0.0817. The third kappa shape index (κ3) is 8.98. The fourth-order valence-electron chi connectivity index (χ4n) is 1.35. The van der Waals surface area contributed by atoms with Crippen molar-refractivity contribution in [2.24, 2.45) is 5.73 Å². The first-order valence-corrected chi connectivity index (χ1v) is 5.38. The number of carbonyl (C=O) groups is 1. The van der Waals surface area contributed by atoms with Gasteiger partial charge in [0.2, 0.25) is 5.91 Å². The summed E-state index contributed by atoms with van der Waals surface area (Å²) >= 11 is 0. The van der Waals surface area contributed by atoms with Crippen molar-refractivity contribution in [3.8, 4) is 0 Å². The lowest BCUT2D eigenvalue weighted by atomic mass is 10.2. The molecule has 0 aliphatic heterocycles. The van der Waals surface area contributed by atoms with E-state index in [9.17, 15) is 4.79 Å². The van der Waals surface area contributed by atoms with Crippen LogP contribution in [0.2, 0.25) is 0 Å². The third-order valence-corrected chi connectivity index (χ3v) is 2.17. The van der Waals surface area contributed by atoms with E-state index in [0.29, 0.717) is 13.0 Å². The zero-order chi connectivity index (χ0) is 10.9. The number of hydrogen-bond acceptors (Lipinski definition) is 2. The summed E-state index contributed by atoms with van der Waals surface area (Å²) in [6.07, 6.45) is 3.52. The highest BCUT2D eigenvalue weighted by Crippen LogP contribution is 2.07. The number of rotatable bonds is 6. The van der Waals surface area contributed by atoms with Gasteiger partial charge in [-0.3, -0.25) is 4.79 Å². The van der Waals surface area contributed by atoms with Crippen LogP contribution in [0.5, 0.6) is 0 Å². The maximum atomic E-state index is 11.4. The second-order valence-electron chi connectivity index (χ2n) is 3.51. The molecule has 0 saturated heterocycles. The van der Waals surface area contributed by atoms with E-state index in [-0.39, 0.29) is 30.7 Å². The standard InChI is InChI=1S/C12H18N2O.2ClH/c13-10-6-2-5-9-12(15)14-11-7-3-1-4-8-11;;/h1,3-4,7-8H,2,5-6,9-10,13H2,(H,14,15);2*1H. The summed E-state index contributed by atoms with van der Waals surface area (Å²) in [5.41, 5.74) is 6.23. The molecule has 3 nitrogen and oxygen atoms in total. The van der Waals surface area contributed by atoms with Crippen molar-refractivity contribution in [2.45, 2.75) is 25.7 Å². The number of benzene rings is 1. The molecule has 5 heteroatoms. The third-order valence-electron chi connectivity index (χ3n) is 2.17. The number of hydrogen-bond donors (Lipinski definition) is 2. The van der Waals surface area contributed by atoms with Gasteiger partial charge in [0, 0.05) is 12.1 Å². The molecule has 0 radical (unpaired) electrons. The molecule has 3 N–H and O–H groups in total. The average molecular weight is 279 g/mol. The van der Waals surface area contributed by atoms with Crippen molar-refractivity contribution in [1.82, 2.24) is 0 Å². The van der Waals surface area contributed by atoms with Gasteiger partial charge >= 0.3 is 0 Å². The number of halogens is 2. The van der Waals surface area contributed by atoms with Crippen LogP contribution in [0.25, 0.3) is 0 Å². The first-order chi connectivity index (χ1) is 7.33. The average Bonchev–Trinajstić information content (AvgIpc) is 2.26. The van der Waals surface area contributed by atoms with Crippen molar-refractivity contribution in [3.63, 3.8) is 0 Å². The Hall–Kier alpha value is -0.770. The van der Waals surface area contributed by atoms with Gasteiger partial charge in [-0.25, -0.2) is 0 Å². The van der Waals surface area contributed by atoms with E-state index in [2.05, 4.69) is 5.32 Å². The molecule has 0 aliphatic rings. The fraction of sp³-hybridized carbons (Fsp3) is 0.417. The molecule has 0 saturated carbocycles. The van der Waals surface area contributed by atoms with Crippen LogP contribution >= 0.6 is 24.8 Å². The molecule has 0 fully saturated rings. The van der Waals surface area contributed by atoms with Gasteiger partial charge in [0.1, 0.15) is 0 Å². The molecule has 0 bridgehead atoms. The first-order valence-electron chi connectivity index (χ1n) is 5.38. The SMILES string of the molecule is Cl.Cl.NCCCCCC(=O)Nc1ccccc1. The number of unbranched alkanes of at least 4 members (excludes halogenated alkanes) is 2. The molecule has 0 heterocycles. The smallest absolute Gasteiger partial charge is 0.224 e. The number of carbonyl (C=O) groups excluding carboxylic acids is 1. The molecule has 0 aliphatic carbocycles. The van der Waals surface area contributed by atoms with E-state index in [1.165, 1.54) is 0 Å². The van der Waals surface area contributed by atoms with Gasteiger partial charge in [-0.1, -0.05) is 24.6 Å². The van der Waals surface area contributed by atoms with Crippen molar-refractivity contribution < 1.29 is 4.79 Å². The molecule has 1 amide bonds. The molecule has 0 atom stereocenters. The van der Waals surface area contributed by atoms with Crippen molar-refractivity contribution in [3.05, 3.63) is 30.3 Å². The number of anilines is 1. The van der Waals surface area contributed by atoms with Gasteiger partial charge < -0.3 is 11.1 Å². The Labute approximate surface area is 115 Å². The van der Waals surface area contributed by atoms with Gasteiger partial charge in [0.15, 0.2) is 0 Å².